The fourth-order valence-corrected chi connectivity index (χ4v) is 4.84. The number of β-amino-alcohol motifs (C(OH)–C–C–N with tert-alkyl or cyclic N) is 1. The van der Waals surface area contributed by atoms with Gasteiger partial charge in [-0.2, -0.15) is 0 Å². The van der Waals surface area contributed by atoms with Gasteiger partial charge in [0, 0.05) is 6.54 Å². The maximum Gasteiger partial charge on any atom is 0.123 e. The Morgan fingerprint density at radius 1 is 0.882 bits per heavy atom. The first-order valence-electron chi connectivity index (χ1n) is 12.9. The molecule has 4 rings (SSSR count). The number of halogens is 1. The van der Waals surface area contributed by atoms with Gasteiger partial charge in [-0.1, -0.05) is 55.0 Å². The normalized spacial score (nSPS) is 17.9. The van der Waals surface area contributed by atoms with Gasteiger partial charge in [-0.3, -0.25) is 0 Å². The van der Waals surface area contributed by atoms with Crippen LogP contribution >= 0.6 is 0 Å². The van der Waals surface area contributed by atoms with Gasteiger partial charge in [-0.15, -0.1) is 0 Å². The highest BCUT2D eigenvalue weighted by molar-refractivity contribution is 5.80. The van der Waals surface area contributed by atoms with Crippen LogP contribution in [0.2, 0.25) is 0 Å². The van der Waals surface area contributed by atoms with Crippen molar-refractivity contribution in [1.82, 2.24) is 4.90 Å². The lowest BCUT2D eigenvalue weighted by Crippen LogP contribution is -2.30. The first kappa shape index (κ1) is 26.4. The monoisotopic (exact) mass is 463 g/mol. The van der Waals surface area contributed by atoms with Crippen LogP contribution in [-0.2, 0) is 0 Å². The minimum atomic E-state index is -0.186. The molecule has 1 saturated heterocycles. The van der Waals surface area contributed by atoms with Gasteiger partial charge in [0.1, 0.15) is 5.82 Å². The molecule has 0 aromatic heterocycles. The summed E-state index contributed by atoms with van der Waals surface area (Å²) in [7, 11) is 0. The quantitative estimate of drug-likeness (QED) is 0.462. The van der Waals surface area contributed by atoms with Crippen LogP contribution in [0, 0.1) is 32.5 Å². The Morgan fingerprint density at radius 3 is 2.21 bits per heavy atom. The predicted octanol–water partition coefficient (Wildman–Crippen LogP) is 7.41. The molecule has 1 aliphatic heterocycles. The zero-order valence-electron chi connectivity index (χ0n) is 21.5. The van der Waals surface area contributed by atoms with E-state index in [0.717, 1.165) is 50.9 Å². The molecule has 2 unspecified atom stereocenters. The van der Waals surface area contributed by atoms with Crippen molar-refractivity contribution in [3.63, 3.8) is 0 Å². The highest BCUT2D eigenvalue weighted by Gasteiger charge is 2.20. The van der Waals surface area contributed by atoms with Crippen LogP contribution in [0.25, 0.3) is 5.57 Å². The van der Waals surface area contributed by atoms with E-state index in [1.807, 2.05) is 6.92 Å². The molecule has 2 atom stereocenters. The predicted molar refractivity (Wildman–Crippen MR) is 142 cm³/mol. The minimum absolute atomic E-state index is 0.171. The largest absolute Gasteiger partial charge is 0.392 e. The molecule has 1 fully saturated rings. The van der Waals surface area contributed by atoms with E-state index >= 15 is 0 Å². The summed E-state index contributed by atoms with van der Waals surface area (Å²) in [6, 6.07) is 13.2. The van der Waals surface area contributed by atoms with Crippen molar-refractivity contribution in [2.24, 2.45) is 5.92 Å². The Balaban J connectivity index is 0.000000343. The van der Waals surface area contributed by atoms with Crippen LogP contribution in [-0.4, -0.2) is 35.7 Å². The lowest BCUT2D eigenvalue weighted by Gasteiger charge is -2.25. The second-order valence-corrected chi connectivity index (χ2v) is 10.1. The molecule has 0 saturated carbocycles. The second kappa shape index (κ2) is 13.0. The van der Waals surface area contributed by atoms with Crippen molar-refractivity contribution >= 4 is 5.57 Å². The average molecular weight is 464 g/mol. The van der Waals surface area contributed by atoms with Crippen molar-refractivity contribution in [3.05, 3.63) is 88.3 Å². The van der Waals surface area contributed by atoms with Crippen LogP contribution in [0.3, 0.4) is 0 Å². The van der Waals surface area contributed by atoms with E-state index in [9.17, 15) is 9.50 Å². The summed E-state index contributed by atoms with van der Waals surface area (Å²) in [6.45, 7) is 11.8. The summed E-state index contributed by atoms with van der Waals surface area (Å²) >= 11 is 0. The zero-order valence-corrected chi connectivity index (χ0v) is 21.5. The third-order valence-corrected chi connectivity index (χ3v) is 7.15. The van der Waals surface area contributed by atoms with Gasteiger partial charge >= 0.3 is 0 Å². The Kier molecular flexibility index (Phi) is 10.1. The van der Waals surface area contributed by atoms with E-state index in [2.05, 4.69) is 56.0 Å². The number of aliphatic hydroxyl groups excluding tert-OH is 1. The van der Waals surface area contributed by atoms with Crippen LogP contribution in [0.4, 0.5) is 4.39 Å². The lowest BCUT2D eigenvalue weighted by atomic mass is 9.82. The van der Waals surface area contributed by atoms with Crippen LogP contribution < -0.4 is 0 Å². The summed E-state index contributed by atoms with van der Waals surface area (Å²) in [5.74, 6) is 0.326. The molecule has 0 radical (unpaired) electrons. The highest BCUT2D eigenvalue weighted by atomic mass is 19.1. The number of rotatable bonds is 7. The van der Waals surface area contributed by atoms with E-state index < -0.39 is 0 Å². The summed E-state index contributed by atoms with van der Waals surface area (Å²) in [5, 5.41) is 10.4. The zero-order chi connectivity index (χ0) is 24.5. The standard InChI is InChI=1S/C24H35NO.C7H7F/c1-18-10-12-21(16-20(18)3)24-9-5-4-8-23(24)19(2)11-13-22(26)17-25-14-6-7-15-25;1-6-2-4-7(8)5-3-6/h8-10,12,16,19,22,26H,4-7,11,13-15,17H2,1-3H3;2-5H,1H3. The average Bonchev–Trinajstić information content (AvgIpc) is 3.34. The van der Waals surface area contributed by atoms with Crippen molar-refractivity contribution in [2.45, 2.75) is 72.3 Å². The van der Waals surface area contributed by atoms with E-state index in [-0.39, 0.29) is 11.9 Å². The number of aliphatic hydroxyl groups is 1. The second-order valence-electron chi connectivity index (χ2n) is 10.1. The minimum Gasteiger partial charge on any atom is -0.392 e. The van der Waals surface area contributed by atoms with Crippen molar-refractivity contribution in [3.8, 4) is 0 Å². The van der Waals surface area contributed by atoms with Gasteiger partial charge < -0.3 is 10.0 Å². The van der Waals surface area contributed by atoms with Gasteiger partial charge in [0.2, 0.25) is 0 Å². The van der Waals surface area contributed by atoms with E-state index in [0.29, 0.717) is 5.92 Å². The highest BCUT2D eigenvalue weighted by Crippen LogP contribution is 2.35. The van der Waals surface area contributed by atoms with Crippen LogP contribution in [0.1, 0.15) is 67.7 Å². The maximum absolute atomic E-state index is 12.1. The van der Waals surface area contributed by atoms with Crippen molar-refractivity contribution in [1.29, 1.82) is 0 Å². The van der Waals surface area contributed by atoms with Gasteiger partial charge in [0.25, 0.3) is 0 Å². The molecule has 1 N–H and O–H groups in total. The summed E-state index contributed by atoms with van der Waals surface area (Å²) in [5.41, 5.74) is 8.06. The Morgan fingerprint density at radius 2 is 1.56 bits per heavy atom. The molecule has 1 heterocycles. The molecule has 2 aromatic rings. The van der Waals surface area contributed by atoms with Gasteiger partial charge in [-0.25, -0.2) is 4.39 Å². The molecule has 0 amide bonds. The Labute approximate surface area is 206 Å². The number of aryl methyl sites for hydroxylation is 3. The van der Waals surface area contributed by atoms with E-state index in [1.165, 1.54) is 52.8 Å². The molecule has 2 aromatic carbocycles. The number of hydrogen-bond acceptors (Lipinski definition) is 2. The summed E-state index contributed by atoms with van der Waals surface area (Å²) in [4.78, 5) is 2.41. The number of benzene rings is 2. The summed E-state index contributed by atoms with van der Waals surface area (Å²) < 4.78 is 12.1. The number of hydrogen-bond donors (Lipinski definition) is 1. The van der Waals surface area contributed by atoms with Gasteiger partial charge in [0.15, 0.2) is 0 Å². The topological polar surface area (TPSA) is 23.5 Å². The van der Waals surface area contributed by atoms with E-state index in [1.54, 1.807) is 12.1 Å². The number of likely N-dealkylation sites (tertiary alicyclic amines) is 1. The van der Waals surface area contributed by atoms with Crippen molar-refractivity contribution in [2.75, 3.05) is 19.6 Å². The molecule has 2 aliphatic rings. The fourth-order valence-electron chi connectivity index (χ4n) is 4.84. The smallest absolute Gasteiger partial charge is 0.123 e. The first-order valence-corrected chi connectivity index (χ1v) is 12.9. The molecular weight excluding hydrogens is 421 g/mol. The lowest BCUT2D eigenvalue weighted by molar-refractivity contribution is 0.112. The third kappa shape index (κ3) is 7.92. The molecule has 2 nitrogen and oxygen atoms in total. The fraction of sp³-hybridized carbons (Fsp3) is 0.484. The maximum atomic E-state index is 12.1. The third-order valence-electron chi connectivity index (χ3n) is 7.15. The van der Waals surface area contributed by atoms with Crippen molar-refractivity contribution < 1.29 is 9.50 Å². The molecule has 1 aliphatic carbocycles. The molecule has 0 bridgehead atoms. The number of allylic oxidation sites excluding steroid dienone is 4. The molecule has 3 heteroatoms. The molecular formula is C31H42FNO. The Bertz CT molecular complexity index is 948. The van der Waals surface area contributed by atoms with Crippen LogP contribution in [0.5, 0.6) is 0 Å². The summed E-state index contributed by atoms with van der Waals surface area (Å²) in [6.07, 6.45) is 11.5. The SMILES string of the molecule is Cc1ccc(C2=CCCC=C2C(C)CCC(O)CN2CCCC2)cc1C.Cc1ccc(F)cc1. The van der Waals surface area contributed by atoms with Gasteiger partial charge in [-0.05, 0) is 118 Å². The van der Waals surface area contributed by atoms with Gasteiger partial charge in [0.05, 0.1) is 6.10 Å². The Hall–Kier alpha value is -2.23. The van der Waals surface area contributed by atoms with Crippen LogP contribution in [0.15, 0.2) is 60.2 Å². The molecule has 184 valence electrons. The molecule has 0 spiro atoms. The first-order chi connectivity index (χ1) is 16.3. The molecule has 34 heavy (non-hydrogen) atoms. The number of nitrogens with zero attached hydrogens (tertiary/aromatic N) is 1. The van der Waals surface area contributed by atoms with E-state index in [4.69, 9.17) is 0 Å².